The van der Waals surface area contributed by atoms with Crippen LogP contribution in [-0.4, -0.2) is 47.2 Å². The maximum atomic E-state index is 4.80. The molecule has 21 heavy (non-hydrogen) atoms. The van der Waals surface area contributed by atoms with Gasteiger partial charge in [-0.05, 0) is 51.0 Å². The van der Waals surface area contributed by atoms with E-state index in [1.165, 1.54) is 24.1 Å². The van der Waals surface area contributed by atoms with Crippen molar-refractivity contribution in [1.82, 2.24) is 20.4 Å². The molecular formula is C16H29N5. The monoisotopic (exact) mass is 291 g/mol. The molecular weight excluding hydrogens is 262 g/mol. The molecule has 1 saturated heterocycles. The predicted octanol–water partition coefficient (Wildman–Crippen LogP) is 2.35. The summed E-state index contributed by atoms with van der Waals surface area (Å²) in [6.07, 6.45) is 6.66. The van der Waals surface area contributed by atoms with Crippen molar-refractivity contribution in [3.8, 4) is 0 Å². The second-order valence-electron chi connectivity index (χ2n) is 6.05. The number of H-pyrrole nitrogens is 1. The van der Waals surface area contributed by atoms with E-state index in [9.17, 15) is 0 Å². The van der Waals surface area contributed by atoms with E-state index < -0.39 is 0 Å². The molecule has 1 fully saturated rings. The molecule has 1 aromatic heterocycles. The van der Waals surface area contributed by atoms with Gasteiger partial charge in [0, 0.05) is 31.9 Å². The number of aryl methyl sites for hydroxylation is 2. The van der Waals surface area contributed by atoms with Crippen LogP contribution in [0, 0.1) is 12.8 Å². The van der Waals surface area contributed by atoms with Crippen LogP contribution in [0.2, 0.25) is 0 Å². The van der Waals surface area contributed by atoms with Gasteiger partial charge in [0.25, 0.3) is 0 Å². The van der Waals surface area contributed by atoms with E-state index in [0.717, 1.165) is 50.9 Å². The maximum Gasteiger partial charge on any atom is 0.193 e. The summed E-state index contributed by atoms with van der Waals surface area (Å²) in [4.78, 5) is 7.22. The zero-order valence-electron chi connectivity index (χ0n) is 13.7. The predicted molar refractivity (Wildman–Crippen MR) is 87.6 cm³/mol. The first-order valence-corrected chi connectivity index (χ1v) is 8.22. The van der Waals surface area contributed by atoms with Crippen molar-refractivity contribution >= 4 is 5.96 Å². The Labute approximate surface area is 128 Å². The zero-order valence-corrected chi connectivity index (χ0v) is 13.7. The van der Waals surface area contributed by atoms with Crippen molar-refractivity contribution in [3.63, 3.8) is 0 Å². The number of guanidine groups is 1. The van der Waals surface area contributed by atoms with Gasteiger partial charge in [-0.1, -0.05) is 6.92 Å². The molecule has 0 saturated carbocycles. The molecule has 1 aromatic rings. The minimum absolute atomic E-state index is 0.774. The third-order valence-corrected chi connectivity index (χ3v) is 4.09. The van der Waals surface area contributed by atoms with Crippen molar-refractivity contribution in [2.24, 2.45) is 10.9 Å². The summed E-state index contributed by atoms with van der Waals surface area (Å²) in [6.45, 7) is 10.6. The number of aromatic nitrogens is 2. The number of aliphatic imine (C=N–C) groups is 1. The molecule has 0 amide bonds. The molecule has 118 valence electrons. The minimum Gasteiger partial charge on any atom is -0.357 e. The number of nitrogens with one attached hydrogen (secondary N) is 2. The molecule has 0 aromatic carbocycles. The molecule has 0 aliphatic carbocycles. The van der Waals surface area contributed by atoms with Gasteiger partial charge >= 0.3 is 0 Å². The molecule has 5 heteroatoms. The molecule has 0 bridgehead atoms. The fourth-order valence-corrected chi connectivity index (χ4v) is 2.89. The number of aromatic amines is 1. The van der Waals surface area contributed by atoms with Gasteiger partial charge in [-0.3, -0.25) is 10.1 Å². The number of rotatable bonds is 5. The fraction of sp³-hybridized carbons (Fsp3) is 0.750. The standard InChI is InChI=1S/C16H29N5/c1-4-17-16(21-10-6-7-13(2)12-21)18-9-5-8-15-11-19-20-14(15)3/h11,13H,4-10,12H2,1-3H3,(H,17,18)(H,19,20). The van der Waals surface area contributed by atoms with Crippen LogP contribution in [0.5, 0.6) is 0 Å². The van der Waals surface area contributed by atoms with E-state index >= 15 is 0 Å². The van der Waals surface area contributed by atoms with Crippen LogP contribution < -0.4 is 5.32 Å². The minimum atomic E-state index is 0.774. The van der Waals surface area contributed by atoms with Crippen molar-refractivity contribution in [2.75, 3.05) is 26.2 Å². The highest BCUT2D eigenvalue weighted by atomic mass is 15.3. The van der Waals surface area contributed by atoms with E-state index in [-0.39, 0.29) is 0 Å². The van der Waals surface area contributed by atoms with Crippen LogP contribution in [0.25, 0.3) is 0 Å². The first-order valence-electron chi connectivity index (χ1n) is 8.22. The van der Waals surface area contributed by atoms with Gasteiger partial charge in [0.05, 0.1) is 6.20 Å². The van der Waals surface area contributed by atoms with Crippen LogP contribution in [0.15, 0.2) is 11.2 Å². The Bertz CT molecular complexity index is 451. The van der Waals surface area contributed by atoms with Crippen LogP contribution in [0.1, 0.15) is 44.4 Å². The lowest BCUT2D eigenvalue weighted by molar-refractivity contribution is 0.266. The lowest BCUT2D eigenvalue weighted by Crippen LogP contribution is -2.46. The summed E-state index contributed by atoms with van der Waals surface area (Å²) in [5.74, 6) is 1.86. The molecule has 1 unspecified atom stereocenters. The number of hydrogen-bond donors (Lipinski definition) is 2. The Morgan fingerprint density at radius 1 is 1.57 bits per heavy atom. The fourth-order valence-electron chi connectivity index (χ4n) is 2.89. The highest BCUT2D eigenvalue weighted by Crippen LogP contribution is 2.15. The van der Waals surface area contributed by atoms with Gasteiger partial charge in [-0.25, -0.2) is 0 Å². The highest BCUT2D eigenvalue weighted by molar-refractivity contribution is 5.80. The van der Waals surface area contributed by atoms with Crippen molar-refractivity contribution < 1.29 is 0 Å². The molecule has 0 spiro atoms. The van der Waals surface area contributed by atoms with Crippen molar-refractivity contribution in [1.29, 1.82) is 0 Å². The molecule has 0 radical (unpaired) electrons. The summed E-state index contributed by atoms with van der Waals surface area (Å²) in [5, 5.41) is 10.5. The van der Waals surface area contributed by atoms with Crippen LogP contribution >= 0.6 is 0 Å². The Morgan fingerprint density at radius 3 is 3.10 bits per heavy atom. The van der Waals surface area contributed by atoms with Gasteiger partial charge in [-0.15, -0.1) is 0 Å². The SMILES string of the molecule is CCNC(=NCCCc1cn[nH]c1C)N1CCCC(C)C1. The molecule has 5 nitrogen and oxygen atoms in total. The van der Waals surface area contributed by atoms with Gasteiger partial charge in [0.1, 0.15) is 0 Å². The van der Waals surface area contributed by atoms with E-state index in [4.69, 9.17) is 4.99 Å². The number of likely N-dealkylation sites (tertiary alicyclic amines) is 1. The van der Waals surface area contributed by atoms with E-state index in [1.807, 2.05) is 6.20 Å². The third-order valence-electron chi connectivity index (χ3n) is 4.09. The molecule has 2 heterocycles. The summed E-state index contributed by atoms with van der Waals surface area (Å²) in [5.41, 5.74) is 2.48. The Kier molecular flexibility index (Phi) is 6.08. The lowest BCUT2D eigenvalue weighted by Gasteiger charge is -2.33. The normalized spacial score (nSPS) is 19.9. The third kappa shape index (κ3) is 4.76. The van der Waals surface area contributed by atoms with Gasteiger partial charge in [0.2, 0.25) is 0 Å². The number of piperidine rings is 1. The summed E-state index contributed by atoms with van der Waals surface area (Å²) in [6, 6.07) is 0. The molecule has 1 atom stereocenters. The van der Waals surface area contributed by atoms with E-state index in [1.54, 1.807) is 0 Å². The van der Waals surface area contributed by atoms with Crippen molar-refractivity contribution in [2.45, 2.75) is 46.5 Å². The number of nitrogens with zero attached hydrogens (tertiary/aromatic N) is 3. The van der Waals surface area contributed by atoms with Crippen LogP contribution in [0.3, 0.4) is 0 Å². The second kappa shape index (κ2) is 8.05. The lowest BCUT2D eigenvalue weighted by atomic mass is 10.0. The smallest absolute Gasteiger partial charge is 0.193 e. The average Bonchev–Trinajstić information content (AvgIpc) is 2.88. The second-order valence-corrected chi connectivity index (χ2v) is 6.05. The first kappa shape index (κ1) is 15.9. The molecule has 2 rings (SSSR count). The highest BCUT2D eigenvalue weighted by Gasteiger charge is 2.18. The molecule has 2 N–H and O–H groups in total. The largest absolute Gasteiger partial charge is 0.357 e. The average molecular weight is 291 g/mol. The van der Waals surface area contributed by atoms with Gasteiger partial charge in [0.15, 0.2) is 5.96 Å². The molecule has 1 aliphatic rings. The van der Waals surface area contributed by atoms with Crippen LogP contribution in [-0.2, 0) is 6.42 Å². The molecule has 1 aliphatic heterocycles. The maximum absolute atomic E-state index is 4.80. The van der Waals surface area contributed by atoms with E-state index in [0.29, 0.717) is 0 Å². The van der Waals surface area contributed by atoms with Gasteiger partial charge in [-0.2, -0.15) is 5.10 Å². The quantitative estimate of drug-likeness (QED) is 0.497. The van der Waals surface area contributed by atoms with Crippen LogP contribution in [0.4, 0.5) is 0 Å². The summed E-state index contributed by atoms with van der Waals surface area (Å²) in [7, 11) is 0. The van der Waals surface area contributed by atoms with E-state index in [2.05, 4.69) is 41.2 Å². The Balaban J connectivity index is 1.84. The Morgan fingerprint density at radius 2 is 2.43 bits per heavy atom. The summed E-state index contributed by atoms with van der Waals surface area (Å²) < 4.78 is 0. The zero-order chi connectivity index (χ0) is 15.1. The Hall–Kier alpha value is -1.52. The topological polar surface area (TPSA) is 56.3 Å². The van der Waals surface area contributed by atoms with Crippen molar-refractivity contribution in [3.05, 3.63) is 17.5 Å². The number of hydrogen-bond acceptors (Lipinski definition) is 2. The first-order chi connectivity index (χ1) is 10.2. The summed E-state index contributed by atoms with van der Waals surface area (Å²) >= 11 is 0. The van der Waals surface area contributed by atoms with Gasteiger partial charge < -0.3 is 10.2 Å².